The molecule has 0 saturated heterocycles. The molecule has 1 atom stereocenters. The number of hydrogen-bond donors (Lipinski definition) is 1. The number of ketones is 1. The van der Waals surface area contributed by atoms with Crippen molar-refractivity contribution in [3.63, 3.8) is 0 Å². The first-order valence-electron chi connectivity index (χ1n) is 8.21. The van der Waals surface area contributed by atoms with Gasteiger partial charge in [0.15, 0.2) is 12.4 Å². The first kappa shape index (κ1) is 16.2. The summed E-state index contributed by atoms with van der Waals surface area (Å²) in [7, 11) is 0. The summed E-state index contributed by atoms with van der Waals surface area (Å²) in [6.45, 7) is 1.45. The zero-order valence-corrected chi connectivity index (χ0v) is 13.7. The smallest absolute Gasteiger partial charge is 0.258 e. The molecule has 124 valence electrons. The average Bonchev–Trinajstić information content (AvgIpc) is 3.44. The van der Waals surface area contributed by atoms with Crippen LogP contribution < -0.4 is 10.1 Å². The quantitative estimate of drug-likeness (QED) is 0.793. The lowest BCUT2D eigenvalue weighted by molar-refractivity contribution is -0.124. The number of hydrogen-bond acceptors (Lipinski definition) is 3. The molecule has 4 heteroatoms. The molecule has 0 radical (unpaired) electrons. The fraction of sp³-hybridized carbons (Fsp3) is 0.300. The second-order valence-corrected chi connectivity index (χ2v) is 6.17. The monoisotopic (exact) mass is 323 g/mol. The van der Waals surface area contributed by atoms with E-state index in [2.05, 4.69) is 5.32 Å². The van der Waals surface area contributed by atoms with Gasteiger partial charge >= 0.3 is 0 Å². The van der Waals surface area contributed by atoms with Crippen LogP contribution in [0.3, 0.4) is 0 Å². The van der Waals surface area contributed by atoms with Crippen molar-refractivity contribution in [2.45, 2.75) is 25.8 Å². The molecule has 0 aromatic heterocycles. The Labute approximate surface area is 141 Å². The van der Waals surface area contributed by atoms with E-state index in [9.17, 15) is 9.59 Å². The van der Waals surface area contributed by atoms with Crippen LogP contribution in [-0.4, -0.2) is 18.3 Å². The topological polar surface area (TPSA) is 55.4 Å². The van der Waals surface area contributed by atoms with E-state index in [1.165, 1.54) is 6.92 Å². The van der Waals surface area contributed by atoms with Gasteiger partial charge in [-0.25, -0.2) is 0 Å². The van der Waals surface area contributed by atoms with Crippen LogP contribution in [0.4, 0.5) is 0 Å². The van der Waals surface area contributed by atoms with Crippen LogP contribution in [0, 0.1) is 5.92 Å². The van der Waals surface area contributed by atoms with Gasteiger partial charge in [-0.15, -0.1) is 0 Å². The van der Waals surface area contributed by atoms with Crippen molar-refractivity contribution >= 4 is 11.7 Å². The molecule has 24 heavy (non-hydrogen) atoms. The van der Waals surface area contributed by atoms with Gasteiger partial charge in [-0.05, 0) is 43.4 Å². The van der Waals surface area contributed by atoms with Crippen molar-refractivity contribution in [2.75, 3.05) is 6.61 Å². The maximum Gasteiger partial charge on any atom is 0.258 e. The molecule has 0 aliphatic heterocycles. The predicted molar refractivity (Wildman–Crippen MR) is 92.0 cm³/mol. The molecular formula is C20H21NO3. The summed E-state index contributed by atoms with van der Waals surface area (Å²) in [5.74, 6) is 0.865. The molecule has 2 aromatic rings. The first-order chi connectivity index (χ1) is 11.6. The highest BCUT2D eigenvalue weighted by Gasteiger charge is 2.33. The number of carbonyl (C=O) groups excluding carboxylic acids is 2. The molecule has 1 N–H and O–H groups in total. The highest BCUT2D eigenvalue weighted by molar-refractivity contribution is 5.94. The molecule has 0 heterocycles. The Morgan fingerprint density at radius 1 is 1.12 bits per heavy atom. The van der Waals surface area contributed by atoms with Crippen LogP contribution in [0.25, 0.3) is 0 Å². The second-order valence-electron chi connectivity index (χ2n) is 6.17. The number of carbonyl (C=O) groups is 2. The number of Topliss-reactive ketones (excluding diaryl/α,β-unsaturated/α-hetero) is 1. The third kappa shape index (κ3) is 4.22. The summed E-state index contributed by atoms with van der Waals surface area (Å²) in [4.78, 5) is 23.6. The van der Waals surface area contributed by atoms with Crippen LogP contribution in [0.1, 0.15) is 41.7 Å². The van der Waals surface area contributed by atoms with Crippen LogP contribution >= 0.6 is 0 Å². The molecular weight excluding hydrogens is 302 g/mol. The Bertz CT molecular complexity index is 723. The van der Waals surface area contributed by atoms with E-state index in [0.717, 1.165) is 18.4 Å². The summed E-state index contributed by atoms with van der Waals surface area (Å²) in [6.07, 6.45) is 2.28. The molecule has 1 unspecified atom stereocenters. The number of amides is 1. The van der Waals surface area contributed by atoms with Gasteiger partial charge in [0.25, 0.3) is 5.91 Å². The molecule has 3 rings (SSSR count). The van der Waals surface area contributed by atoms with Crippen LogP contribution in [0.5, 0.6) is 5.75 Å². The standard InChI is InChI=1S/C20H21NO3/c1-14(22)17-8-5-9-18(12-17)24-13-19(23)21-20(16-10-11-16)15-6-3-2-4-7-15/h2-9,12,16,20H,10-11,13H2,1H3,(H,21,23). The fourth-order valence-electron chi connectivity index (χ4n) is 2.73. The number of rotatable bonds is 7. The van der Waals surface area contributed by atoms with E-state index in [1.807, 2.05) is 30.3 Å². The average molecular weight is 323 g/mol. The Balaban J connectivity index is 1.59. The first-order valence-corrected chi connectivity index (χ1v) is 8.21. The van der Waals surface area contributed by atoms with Gasteiger partial charge in [-0.1, -0.05) is 42.5 Å². The van der Waals surface area contributed by atoms with E-state index in [0.29, 0.717) is 17.2 Å². The van der Waals surface area contributed by atoms with Gasteiger partial charge in [0.1, 0.15) is 5.75 Å². The van der Waals surface area contributed by atoms with E-state index in [4.69, 9.17) is 4.74 Å². The van der Waals surface area contributed by atoms with Gasteiger partial charge in [0.2, 0.25) is 0 Å². The van der Waals surface area contributed by atoms with Crippen molar-refractivity contribution < 1.29 is 14.3 Å². The van der Waals surface area contributed by atoms with Crippen LogP contribution in [0.15, 0.2) is 54.6 Å². The molecule has 1 aliphatic carbocycles. The van der Waals surface area contributed by atoms with Crippen LogP contribution in [0.2, 0.25) is 0 Å². The van der Waals surface area contributed by atoms with Gasteiger partial charge < -0.3 is 10.1 Å². The number of ether oxygens (including phenoxy) is 1. The van der Waals surface area contributed by atoms with Crippen molar-refractivity contribution in [2.24, 2.45) is 5.92 Å². The molecule has 4 nitrogen and oxygen atoms in total. The van der Waals surface area contributed by atoms with Crippen molar-refractivity contribution in [3.8, 4) is 5.75 Å². The lowest BCUT2D eigenvalue weighted by Crippen LogP contribution is -2.33. The molecule has 0 spiro atoms. The molecule has 1 amide bonds. The van der Waals surface area contributed by atoms with Gasteiger partial charge in [0, 0.05) is 5.56 Å². The highest BCUT2D eigenvalue weighted by Crippen LogP contribution is 2.40. The molecule has 1 saturated carbocycles. The third-order valence-corrected chi connectivity index (χ3v) is 4.18. The summed E-state index contributed by atoms with van der Waals surface area (Å²) >= 11 is 0. The molecule has 1 fully saturated rings. The molecule has 1 aliphatic rings. The van der Waals surface area contributed by atoms with E-state index in [-0.39, 0.29) is 24.3 Å². The number of benzene rings is 2. The van der Waals surface area contributed by atoms with Gasteiger partial charge in [-0.2, -0.15) is 0 Å². The summed E-state index contributed by atoms with van der Waals surface area (Å²) in [5, 5.41) is 3.07. The summed E-state index contributed by atoms with van der Waals surface area (Å²) in [5.41, 5.74) is 1.71. The predicted octanol–water partition coefficient (Wildman–Crippen LogP) is 3.54. The zero-order valence-electron chi connectivity index (χ0n) is 13.7. The van der Waals surface area contributed by atoms with E-state index < -0.39 is 0 Å². The Morgan fingerprint density at radius 2 is 1.88 bits per heavy atom. The lowest BCUT2D eigenvalue weighted by atomic mass is 10.0. The Hall–Kier alpha value is -2.62. The van der Waals surface area contributed by atoms with E-state index >= 15 is 0 Å². The molecule has 2 aromatic carbocycles. The van der Waals surface area contributed by atoms with Crippen molar-refractivity contribution in [3.05, 3.63) is 65.7 Å². The third-order valence-electron chi connectivity index (χ3n) is 4.18. The van der Waals surface area contributed by atoms with Crippen molar-refractivity contribution in [1.82, 2.24) is 5.32 Å². The number of nitrogens with one attached hydrogen (secondary N) is 1. The normalized spacial score (nSPS) is 14.7. The minimum atomic E-state index is -0.149. The highest BCUT2D eigenvalue weighted by atomic mass is 16.5. The van der Waals surface area contributed by atoms with E-state index in [1.54, 1.807) is 24.3 Å². The summed E-state index contributed by atoms with van der Waals surface area (Å²) in [6, 6.07) is 17.0. The van der Waals surface area contributed by atoms with Crippen LogP contribution in [-0.2, 0) is 4.79 Å². The zero-order chi connectivity index (χ0) is 16.9. The SMILES string of the molecule is CC(=O)c1cccc(OCC(=O)NC(c2ccccc2)C2CC2)c1. The van der Waals surface area contributed by atoms with Gasteiger partial charge in [-0.3, -0.25) is 9.59 Å². The maximum atomic E-state index is 12.2. The summed E-state index contributed by atoms with van der Waals surface area (Å²) < 4.78 is 5.53. The van der Waals surface area contributed by atoms with Gasteiger partial charge in [0.05, 0.1) is 6.04 Å². The minimum absolute atomic E-state index is 0.0252. The Morgan fingerprint density at radius 3 is 2.54 bits per heavy atom. The largest absolute Gasteiger partial charge is 0.484 e. The fourth-order valence-corrected chi connectivity index (χ4v) is 2.73. The minimum Gasteiger partial charge on any atom is -0.484 e. The maximum absolute atomic E-state index is 12.2. The lowest BCUT2D eigenvalue weighted by Gasteiger charge is -2.19. The Kier molecular flexibility index (Phi) is 4.94. The second kappa shape index (κ2) is 7.30. The van der Waals surface area contributed by atoms with Crippen molar-refractivity contribution in [1.29, 1.82) is 0 Å². The molecule has 0 bridgehead atoms.